The van der Waals surface area contributed by atoms with E-state index in [4.69, 9.17) is 9.47 Å². The first-order chi connectivity index (χ1) is 12.7. The van der Waals surface area contributed by atoms with E-state index in [0.717, 1.165) is 11.1 Å². The van der Waals surface area contributed by atoms with E-state index in [2.05, 4.69) is 5.32 Å². The molecule has 0 aliphatic carbocycles. The zero-order valence-corrected chi connectivity index (χ0v) is 14.8. The minimum Gasteiger partial charge on any atom is -0.467 e. The highest BCUT2D eigenvalue weighted by molar-refractivity contribution is 5.87. The summed E-state index contributed by atoms with van der Waals surface area (Å²) in [6.07, 6.45) is 0.668. The number of hydrogen-bond donors (Lipinski definition) is 1. The van der Waals surface area contributed by atoms with Gasteiger partial charge in [-0.25, -0.2) is 4.79 Å². The second-order valence-corrected chi connectivity index (χ2v) is 6.37. The molecule has 3 rings (SSSR count). The van der Waals surface area contributed by atoms with Crippen LogP contribution >= 0.6 is 0 Å². The summed E-state index contributed by atoms with van der Waals surface area (Å²) in [5.41, 5.74) is 1.88. The summed E-state index contributed by atoms with van der Waals surface area (Å²) in [6, 6.07) is 18.6. The molecule has 0 spiro atoms. The number of amides is 1. The third kappa shape index (κ3) is 4.11. The number of carbonyl (C=O) groups is 2. The van der Waals surface area contributed by atoms with Crippen molar-refractivity contribution in [2.75, 3.05) is 20.3 Å². The highest BCUT2D eigenvalue weighted by Crippen LogP contribution is 2.29. The van der Waals surface area contributed by atoms with Crippen LogP contribution in [0.1, 0.15) is 23.5 Å². The van der Waals surface area contributed by atoms with Crippen LogP contribution in [0.4, 0.5) is 0 Å². The van der Waals surface area contributed by atoms with Gasteiger partial charge in [0.1, 0.15) is 6.04 Å². The smallest absolute Gasteiger partial charge is 0.329 e. The Morgan fingerprint density at radius 2 is 1.62 bits per heavy atom. The molecule has 1 heterocycles. The zero-order valence-electron chi connectivity index (χ0n) is 14.8. The maximum atomic E-state index is 12.6. The lowest BCUT2D eigenvalue weighted by molar-refractivity contribution is -0.146. The molecular formula is C21H23NO4. The van der Waals surface area contributed by atoms with Crippen molar-refractivity contribution in [3.63, 3.8) is 0 Å². The first-order valence-electron chi connectivity index (χ1n) is 8.76. The highest BCUT2D eigenvalue weighted by Gasteiger charge is 2.35. The summed E-state index contributed by atoms with van der Waals surface area (Å²) in [5.74, 6) is -1.20. The van der Waals surface area contributed by atoms with Gasteiger partial charge in [-0.2, -0.15) is 0 Å². The van der Waals surface area contributed by atoms with E-state index in [1.165, 1.54) is 7.11 Å². The number of rotatable bonds is 6. The predicted molar refractivity (Wildman–Crippen MR) is 97.6 cm³/mol. The highest BCUT2D eigenvalue weighted by atomic mass is 16.5. The largest absolute Gasteiger partial charge is 0.467 e. The van der Waals surface area contributed by atoms with Crippen LogP contribution in [0.25, 0.3) is 0 Å². The van der Waals surface area contributed by atoms with E-state index in [1.807, 2.05) is 60.7 Å². The number of benzene rings is 2. The minimum absolute atomic E-state index is 0.172. The van der Waals surface area contributed by atoms with Crippen molar-refractivity contribution in [2.45, 2.75) is 18.4 Å². The molecule has 0 saturated carbocycles. The molecule has 1 aliphatic heterocycles. The van der Waals surface area contributed by atoms with Crippen LogP contribution in [0.3, 0.4) is 0 Å². The van der Waals surface area contributed by atoms with Crippen molar-refractivity contribution in [3.8, 4) is 0 Å². The maximum absolute atomic E-state index is 12.6. The summed E-state index contributed by atoms with van der Waals surface area (Å²) in [4.78, 5) is 25.2. The van der Waals surface area contributed by atoms with Crippen molar-refractivity contribution >= 4 is 11.9 Å². The van der Waals surface area contributed by atoms with Gasteiger partial charge >= 0.3 is 5.97 Å². The van der Waals surface area contributed by atoms with E-state index < -0.39 is 12.0 Å². The van der Waals surface area contributed by atoms with Crippen molar-refractivity contribution in [1.29, 1.82) is 0 Å². The minimum atomic E-state index is -0.808. The summed E-state index contributed by atoms with van der Waals surface area (Å²) in [6.45, 7) is 0.961. The zero-order chi connectivity index (χ0) is 18.4. The molecule has 0 radical (unpaired) electrons. The molecule has 2 aromatic rings. The molecule has 2 aromatic carbocycles. The number of ether oxygens (including phenoxy) is 2. The SMILES string of the molecule is COC(=O)[C@@H](NC(=O)[C@@H]1CCOC1)C(c1ccccc1)c1ccccc1. The normalized spacial score (nSPS) is 17.7. The quantitative estimate of drug-likeness (QED) is 0.811. The summed E-state index contributed by atoms with van der Waals surface area (Å²) >= 11 is 0. The number of hydrogen-bond acceptors (Lipinski definition) is 4. The molecular weight excluding hydrogens is 330 g/mol. The molecule has 26 heavy (non-hydrogen) atoms. The molecule has 1 aliphatic rings. The molecule has 1 fully saturated rings. The van der Waals surface area contributed by atoms with Crippen molar-refractivity contribution in [3.05, 3.63) is 71.8 Å². The Kier molecular flexibility index (Phi) is 6.02. The number of carbonyl (C=O) groups excluding carboxylic acids is 2. The van der Waals surface area contributed by atoms with Crippen LogP contribution in [0.15, 0.2) is 60.7 Å². The van der Waals surface area contributed by atoms with Gasteiger partial charge in [-0.1, -0.05) is 60.7 Å². The Morgan fingerprint density at radius 1 is 1.04 bits per heavy atom. The van der Waals surface area contributed by atoms with Gasteiger partial charge in [0, 0.05) is 12.5 Å². The number of nitrogens with one attached hydrogen (secondary N) is 1. The molecule has 0 bridgehead atoms. The van der Waals surface area contributed by atoms with Crippen LogP contribution in [-0.2, 0) is 19.1 Å². The topological polar surface area (TPSA) is 64.6 Å². The Labute approximate surface area is 153 Å². The molecule has 1 N–H and O–H groups in total. The summed E-state index contributed by atoms with van der Waals surface area (Å²) in [5, 5.41) is 2.91. The van der Waals surface area contributed by atoms with Gasteiger partial charge in [-0.05, 0) is 17.5 Å². The molecule has 0 unspecified atom stereocenters. The fourth-order valence-electron chi connectivity index (χ4n) is 3.32. The molecule has 5 heteroatoms. The Morgan fingerprint density at radius 3 is 2.08 bits per heavy atom. The summed E-state index contributed by atoms with van der Waals surface area (Å²) in [7, 11) is 1.34. The van der Waals surface area contributed by atoms with Crippen molar-refractivity contribution in [2.24, 2.45) is 5.92 Å². The number of methoxy groups -OCH3 is 1. The molecule has 2 atom stereocenters. The fourth-order valence-corrected chi connectivity index (χ4v) is 3.32. The van der Waals surface area contributed by atoms with Gasteiger partial charge < -0.3 is 14.8 Å². The van der Waals surface area contributed by atoms with Gasteiger partial charge in [-0.3, -0.25) is 4.79 Å². The lowest BCUT2D eigenvalue weighted by Crippen LogP contribution is -2.48. The first-order valence-corrected chi connectivity index (χ1v) is 8.76. The standard InChI is InChI=1S/C21H23NO4/c1-25-21(24)19(22-20(23)17-12-13-26-14-17)18(15-8-4-2-5-9-15)16-10-6-3-7-11-16/h2-11,17-19H,12-14H2,1H3,(H,22,23)/t17-,19+/m1/s1. The average Bonchev–Trinajstić information content (AvgIpc) is 3.23. The Bertz CT molecular complexity index is 687. The van der Waals surface area contributed by atoms with Gasteiger partial charge in [-0.15, -0.1) is 0 Å². The van der Waals surface area contributed by atoms with Crippen LogP contribution < -0.4 is 5.32 Å². The molecule has 0 aromatic heterocycles. The number of esters is 1. The van der Waals surface area contributed by atoms with Crippen LogP contribution in [0.2, 0.25) is 0 Å². The van der Waals surface area contributed by atoms with Crippen molar-refractivity contribution in [1.82, 2.24) is 5.32 Å². The lowest BCUT2D eigenvalue weighted by Gasteiger charge is -2.28. The molecule has 1 amide bonds. The maximum Gasteiger partial charge on any atom is 0.329 e. The van der Waals surface area contributed by atoms with Crippen LogP contribution in [0.5, 0.6) is 0 Å². The van der Waals surface area contributed by atoms with Crippen LogP contribution in [0, 0.1) is 5.92 Å². The molecule has 136 valence electrons. The van der Waals surface area contributed by atoms with E-state index in [-0.39, 0.29) is 17.7 Å². The van der Waals surface area contributed by atoms with Gasteiger partial charge in [0.2, 0.25) is 5.91 Å². The van der Waals surface area contributed by atoms with E-state index in [0.29, 0.717) is 19.6 Å². The first kappa shape index (κ1) is 18.1. The van der Waals surface area contributed by atoms with E-state index in [1.54, 1.807) is 0 Å². The van der Waals surface area contributed by atoms with Crippen LogP contribution in [-0.4, -0.2) is 38.2 Å². The predicted octanol–water partition coefficient (Wildman–Crippen LogP) is 2.51. The molecule has 5 nitrogen and oxygen atoms in total. The second kappa shape index (κ2) is 8.63. The van der Waals surface area contributed by atoms with Gasteiger partial charge in [0.25, 0.3) is 0 Å². The Balaban J connectivity index is 1.96. The molecule has 1 saturated heterocycles. The van der Waals surface area contributed by atoms with Gasteiger partial charge in [0.05, 0.1) is 19.6 Å². The third-order valence-electron chi connectivity index (χ3n) is 4.70. The summed E-state index contributed by atoms with van der Waals surface area (Å²) < 4.78 is 10.3. The fraction of sp³-hybridized carbons (Fsp3) is 0.333. The average molecular weight is 353 g/mol. The third-order valence-corrected chi connectivity index (χ3v) is 4.70. The second-order valence-electron chi connectivity index (χ2n) is 6.37. The van der Waals surface area contributed by atoms with Gasteiger partial charge in [0.15, 0.2) is 0 Å². The van der Waals surface area contributed by atoms with Crippen molar-refractivity contribution < 1.29 is 19.1 Å². The monoisotopic (exact) mass is 353 g/mol. The lowest BCUT2D eigenvalue weighted by atomic mass is 9.84. The Hall–Kier alpha value is -2.66. The van der Waals surface area contributed by atoms with E-state index in [9.17, 15) is 9.59 Å². The van der Waals surface area contributed by atoms with E-state index >= 15 is 0 Å².